The Hall–Kier alpha value is -2.21. The van der Waals surface area contributed by atoms with Crippen LogP contribution >= 0.6 is 0 Å². The predicted molar refractivity (Wildman–Crippen MR) is 91.9 cm³/mol. The van der Waals surface area contributed by atoms with E-state index >= 15 is 0 Å². The zero-order valence-corrected chi connectivity index (χ0v) is 14.0. The van der Waals surface area contributed by atoms with Crippen molar-refractivity contribution in [2.75, 3.05) is 6.61 Å². The second kappa shape index (κ2) is 5.95. The van der Waals surface area contributed by atoms with Gasteiger partial charge in [-0.2, -0.15) is 0 Å². The van der Waals surface area contributed by atoms with Gasteiger partial charge in [-0.25, -0.2) is 4.39 Å². The molecule has 2 aliphatic rings. The van der Waals surface area contributed by atoms with Crippen molar-refractivity contribution in [1.29, 1.82) is 0 Å². The molecule has 0 saturated heterocycles. The molecule has 2 saturated carbocycles. The van der Waals surface area contributed by atoms with Gasteiger partial charge in [-0.15, -0.1) is 0 Å². The van der Waals surface area contributed by atoms with Crippen LogP contribution in [0.1, 0.15) is 35.2 Å². The van der Waals surface area contributed by atoms with Crippen LogP contribution in [0.15, 0.2) is 23.1 Å². The number of carbonyl (C=O) groups is 1. The van der Waals surface area contributed by atoms with Crippen molar-refractivity contribution in [2.45, 2.75) is 32.2 Å². The number of halogens is 1. The highest BCUT2D eigenvalue weighted by Gasteiger charge is 2.47. The summed E-state index contributed by atoms with van der Waals surface area (Å²) >= 11 is 0. The highest BCUT2D eigenvalue weighted by molar-refractivity contribution is 5.97. The van der Waals surface area contributed by atoms with Gasteiger partial charge in [0.15, 0.2) is 0 Å². The number of benzene rings is 1. The molecule has 25 heavy (non-hydrogen) atoms. The van der Waals surface area contributed by atoms with Crippen molar-refractivity contribution >= 4 is 16.8 Å². The smallest absolute Gasteiger partial charge is 0.257 e. The molecular weight excluding hydrogens is 323 g/mol. The fraction of sp³-hybridized carbons (Fsp3) is 0.474. The van der Waals surface area contributed by atoms with Crippen LogP contribution < -0.4 is 10.7 Å². The van der Waals surface area contributed by atoms with Gasteiger partial charge in [0.1, 0.15) is 11.4 Å². The Morgan fingerprint density at radius 2 is 2.12 bits per heavy atom. The van der Waals surface area contributed by atoms with Gasteiger partial charge in [-0.1, -0.05) is 0 Å². The van der Waals surface area contributed by atoms with Crippen LogP contribution in [0.3, 0.4) is 0 Å². The van der Waals surface area contributed by atoms with Crippen molar-refractivity contribution in [1.82, 2.24) is 10.3 Å². The van der Waals surface area contributed by atoms with Crippen molar-refractivity contribution in [2.24, 2.45) is 17.8 Å². The summed E-state index contributed by atoms with van der Waals surface area (Å²) in [6, 6.07) is 2.41. The zero-order chi connectivity index (χ0) is 17.7. The van der Waals surface area contributed by atoms with Crippen molar-refractivity contribution in [3.8, 4) is 0 Å². The molecule has 6 heteroatoms. The van der Waals surface area contributed by atoms with Crippen LogP contribution in [0.25, 0.3) is 10.9 Å². The Morgan fingerprint density at radius 3 is 2.88 bits per heavy atom. The lowest BCUT2D eigenvalue weighted by molar-refractivity contribution is 0.0860. The van der Waals surface area contributed by atoms with Crippen LogP contribution in [-0.4, -0.2) is 28.6 Å². The molecule has 1 amide bonds. The number of aryl methyl sites for hydroxylation is 1. The minimum absolute atomic E-state index is 0.0167. The second-order valence-electron chi connectivity index (χ2n) is 7.36. The Balaban J connectivity index is 1.67. The van der Waals surface area contributed by atoms with E-state index < -0.39 is 17.2 Å². The van der Waals surface area contributed by atoms with Crippen molar-refractivity contribution < 1.29 is 14.3 Å². The first kappa shape index (κ1) is 16.3. The average Bonchev–Trinajstić information content (AvgIpc) is 3.17. The highest BCUT2D eigenvalue weighted by atomic mass is 19.1. The fourth-order valence-electron chi connectivity index (χ4n) is 4.76. The van der Waals surface area contributed by atoms with Gasteiger partial charge in [0.05, 0.1) is 5.52 Å². The molecule has 3 N–H and O–H groups in total. The third-order valence-corrected chi connectivity index (χ3v) is 5.99. The fourth-order valence-corrected chi connectivity index (χ4v) is 4.76. The van der Waals surface area contributed by atoms with Gasteiger partial charge in [0.2, 0.25) is 5.43 Å². The van der Waals surface area contributed by atoms with E-state index in [1.807, 2.05) is 0 Å². The Labute approximate surface area is 144 Å². The molecule has 2 aliphatic carbocycles. The summed E-state index contributed by atoms with van der Waals surface area (Å²) < 4.78 is 13.7. The molecule has 4 atom stereocenters. The van der Waals surface area contributed by atoms with E-state index in [1.165, 1.54) is 12.3 Å². The predicted octanol–water partition coefficient (Wildman–Crippen LogP) is 2.11. The number of nitrogens with one attached hydrogen (secondary N) is 2. The van der Waals surface area contributed by atoms with Gasteiger partial charge in [-0.05, 0) is 55.7 Å². The number of fused-ring (bicyclic) bond motifs is 3. The van der Waals surface area contributed by atoms with E-state index in [0.29, 0.717) is 22.9 Å². The maximum absolute atomic E-state index is 13.7. The molecule has 5 nitrogen and oxygen atoms in total. The molecule has 2 bridgehead atoms. The molecule has 0 aliphatic heterocycles. The number of aromatic amines is 1. The van der Waals surface area contributed by atoms with Crippen LogP contribution in [0.2, 0.25) is 0 Å². The lowest BCUT2D eigenvalue weighted by Crippen LogP contribution is -2.46. The average molecular weight is 344 g/mol. The third kappa shape index (κ3) is 2.56. The minimum Gasteiger partial charge on any atom is -0.396 e. The monoisotopic (exact) mass is 344 g/mol. The molecule has 4 rings (SSSR count). The summed E-state index contributed by atoms with van der Waals surface area (Å²) in [6.45, 7) is 1.76. The number of hydrogen-bond donors (Lipinski definition) is 3. The summed E-state index contributed by atoms with van der Waals surface area (Å²) in [5, 5.41) is 12.8. The summed E-state index contributed by atoms with van der Waals surface area (Å²) in [5.74, 6) is -0.0817. The van der Waals surface area contributed by atoms with Gasteiger partial charge in [0.25, 0.3) is 5.91 Å². The number of aromatic nitrogens is 1. The summed E-state index contributed by atoms with van der Waals surface area (Å²) in [7, 11) is 0. The molecular formula is C19H21FN2O3. The van der Waals surface area contributed by atoms with Crippen LogP contribution in [-0.2, 0) is 0 Å². The molecule has 0 radical (unpaired) electrons. The van der Waals surface area contributed by atoms with E-state index in [1.54, 1.807) is 6.92 Å². The SMILES string of the molecule is Cc1cc(F)cc2c(=O)c(C(=O)NC3C4CCC(C4)C3CO)c[nH]c12. The maximum Gasteiger partial charge on any atom is 0.257 e. The third-order valence-electron chi connectivity index (χ3n) is 5.99. The first-order chi connectivity index (χ1) is 12.0. The van der Waals surface area contributed by atoms with Crippen LogP contribution in [0.5, 0.6) is 0 Å². The van der Waals surface area contributed by atoms with Crippen LogP contribution in [0.4, 0.5) is 4.39 Å². The van der Waals surface area contributed by atoms with Crippen molar-refractivity contribution in [3.63, 3.8) is 0 Å². The van der Waals surface area contributed by atoms with Gasteiger partial charge in [0, 0.05) is 30.1 Å². The topological polar surface area (TPSA) is 82.2 Å². The quantitative estimate of drug-likeness (QED) is 0.798. The van der Waals surface area contributed by atoms with Crippen LogP contribution in [0, 0.1) is 30.5 Å². The Bertz CT molecular complexity index is 907. The number of pyridine rings is 1. The van der Waals surface area contributed by atoms with E-state index in [9.17, 15) is 19.1 Å². The summed E-state index contributed by atoms with van der Waals surface area (Å²) in [6.07, 6.45) is 4.56. The molecule has 1 aromatic heterocycles. The van der Waals surface area contributed by atoms with Gasteiger partial charge >= 0.3 is 0 Å². The number of rotatable bonds is 3. The second-order valence-corrected chi connectivity index (χ2v) is 7.36. The van der Waals surface area contributed by atoms with E-state index in [4.69, 9.17) is 0 Å². The highest BCUT2D eigenvalue weighted by Crippen LogP contribution is 2.48. The molecule has 1 aromatic carbocycles. The van der Waals surface area contributed by atoms with E-state index in [2.05, 4.69) is 10.3 Å². The number of carbonyl (C=O) groups excluding carboxylic acids is 1. The van der Waals surface area contributed by atoms with Gasteiger partial charge < -0.3 is 15.4 Å². The van der Waals surface area contributed by atoms with Gasteiger partial charge in [-0.3, -0.25) is 9.59 Å². The molecule has 4 unspecified atom stereocenters. The minimum atomic E-state index is -0.499. The Kier molecular flexibility index (Phi) is 3.87. The van der Waals surface area contributed by atoms with Crippen molar-refractivity contribution in [3.05, 3.63) is 45.5 Å². The molecule has 132 valence electrons. The summed E-state index contributed by atoms with van der Waals surface area (Å²) in [5.41, 5.74) is 0.665. The lowest BCUT2D eigenvalue weighted by Gasteiger charge is -2.30. The molecule has 1 heterocycles. The largest absolute Gasteiger partial charge is 0.396 e. The van der Waals surface area contributed by atoms with E-state index in [-0.39, 0.29) is 29.5 Å². The standard InChI is InChI=1S/C19H21FN2O3/c1-9-4-12(20)6-13-16(9)21-7-14(18(13)24)19(25)22-17-11-3-2-10(5-11)15(17)8-23/h4,6-7,10-11,15,17,23H,2-3,5,8H2,1H3,(H,21,24)(H,22,25). The number of aliphatic hydroxyl groups excluding tert-OH is 1. The molecule has 0 spiro atoms. The molecule has 2 aromatic rings. The normalized spacial score (nSPS) is 27.8. The maximum atomic E-state index is 13.7. The first-order valence-corrected chi connectivity index (χ1v) is 8.73. The number of aliphatic hydroxyl groups is 1. The number of amides is 1. The summed E-state index contributed by atoms with van der Waals surface area (Å²) in [4.78, 5) is 28.3. The molecule has 2 fully saturated rings. The lowest BCUT2D eigenvalue weighted by atomic mass is 9.85. The zero-order valence-electron chi connectivity index (χ0n) is 14.0. The number of hydrogen-bond acceptors (Lipinski definition) is 3. The first-order valence-electron chi connectivity index (χ1n) is 8.73. The number of H-pyrrole nitrogens is 1. The Morgan fingerprint density at radius 1 is 1.36 bits per heavy atom. The van der Waals surface area contributed by atoms with E-state index in [0.717, 1.165) is 25.3 Å².